The third-order valence-electron chi connectivity index (χ3n) is 3.32. The summed E-state index contributed by atoms with van der Waals surface area (Å²) < 4.78 is 5.80. The second kappa shape index (κ2) is 6.34. The number of piperidine rings is 1. The summed E-state index contributed by atoms with van der Waals surface area (Å²) in [4.78, 5) is 11.8. The minimum absolute atomic E-state index is 0.127. The molecule has 2 rings (SSSR count). The summed E-state index contributed by atoms with van der Waals surface area (Å²) in [5.74, 6) is -0.127. The minimum atomic E-state index is -0.439. The summed E-state index contributed by atoms with van der Waals surface area (Å²) in [6.07, 6.45) is 2.10. The molecule has 1 aromatic rings. The lowest BCUT2D eigenvalue weighted by Gasteiger charge is -2.37. The molecular formula is C14H18BrNO2. The topological polar surface area (TPSA) is 38.3 Å². The van der Waals surface area contributed by atoms with E-state index in [4.69, 9.17) is 4.74 Å². The van der Waals surface area contributed by atoms with Crippen LogP contribution in [0.3, 0.4) is 0 Å². The minimum Gasteiger partial charge on any atom is -0.454 e. The van der Waals surface area contributed by atoms with Crippen LogP contribution in [0.15, 0.2) is 30.3 Å². The molecule has 0 aliphatic carbocycles. The molecule has 1 fully saturated rings. The van der Waals surface area contributed by atoms with E-state index in [1.54, 1.807) is 0 Å². The Morgan fingerprint density at radius 3 is 2.56 bits per heavy atom. The number of alkyl halides is 1. The number of hydrogen-bond acceptors (Lipinski definition) is 3. The van der Waals surface area contributed by atoms with Gasteiger partial charge in [-0.25, -0.2) is 0 Å². The Kier molecular flexibility index (Phi) is 4.78. The molecule has 0 saturated carbocycles. The predicted octanol–water partition coefficient (Wildman–Crippen LogP) is 2.59. The molecule has 0 unspecified atom stereocenters. The standard InChI is InChI=1S/C14H18BrNO2/c15-9-6-13(17)18-14(7-10-16-11-8-14)12-4-2-1-3-5-12/h1-5,16H,6-11H2. The fourth-order valence-corrected chi connectivity index (χ4v) is 2.69. The molecular weight excluding hydrogens is 294 g/mol. The lowest BCUT2D eigenvalue weighted by atomic mass is 9.85. The van der Waals surface area contributed by atoms with E-state index in [-0.39, 0.29) is 5.97 Å². The lowest BCUT2D eigenvalue weighted by molar-refractivity contribution is -0.163. The number of hydrogen-bond donors (Lipinski definition) is 1. The highest BCUT2D eigenvalue weighted by molar-refractivity contribution is 9.09. The van der Waals surface area contributed by atoms with Crippen molar-refractivity contribution in [1.82, 2.24) is 5.32 Å². The Morgan fingerprint density at radius 2 is 1.94 bits per heavy atom. The molecule has 1 aliphatic heterocycles. The van der Waals surface area contributed by atoms with Crippen LogP contribution in [0.2, 0.25) is 0 Å². The number of halogens is 1. The largest absolute Gasteiger partial charge is 0.454 e. The van der Waals surface area contributed by atoms with Gasteiger partial charge in [-0.1, -0.05) is 46.3 Å². The van der Waals surface area contributed by atoms with Gasteiger partial charge in [0.2, 0.25) is 0 Å². The number of nitrogens with one attached hydrogen (secondary N) is 1. The molecule has 0 amide bonds. The van der Waals surface area contributed by atoms with Crippen molar-refractivity contribution in [1.29, 1.82) is 0 Å². The number of carbonyl (C=O) groups is 1. The molecule has 0 bridgehead atoms. The number of esters is 1. The van der Waals surface area contributed by atoms with Crippen molar-refractivity contribution in [2.75, 3.05) is 18.4 Å². The highest BCUT2D eigenvalue weighted by Crippen LogP contribution is 2.35. The second-order valence-corrected chi connectivity index (χ2v) is 5.32. The number of carbonyl (C=O) groups excluding carboxylic acids is 1. The Morgan fingerprint density at radius 1 is 1.28 bits per heavy atom. The quantitative estimate of drug-likeness (QED) is 0.686. The first-order valence-corrected chi connectivity index (χ1v) is 7.43. The Balaban J connectivity index is 2.20. The molecule has 3 nitrogen and oxygen atoms in total. The van der Waals surface area contributed by atoms with E-state index < -0.39 is 5.60 Å². The zero-order valence-electron chi connectivity index (χ0n) is 10.3. The van der Waals surface area contributed by atoms with E-state index in [9.17, 15) is 4.79 Å². The molecule has 18 heavy (non-hydrogen) atoms. The van der Waals surface area contributed by atoms with Crippen molar-refractivity contribution in [3.8, 4) is 0 Å². The van der Waals surface area contributed by atoms with Gasteiger partial charge < -0.3 is 10.1 Å². The van der Waals surface area contributed by atoms with Crippen molar-refractivity contribution in [2.45, 2.75) is 24.9 Å². The van der Waals surface area contributed by atoms with Crippen LogP contribution in [-0.2, 0) is 15.1 Å². The SMILES string of the molecule is O=C(CCBr)OC1(c2ccccc2)CCNCC1. The summed E-state index contributed by atoms with van der Waals surface area (Å²) in [5, 5.41) is 3.96. The first-order valence-electron chi connectivity index (χ1n) is 6.31. The predicted molar refractivity (Wildman–Crippen MR) is 74.7 cm³/mol. The van der Waals surface area contributed by atoms with Crippen LogP contribution >= 0.6 is 15.9 Å². The smallest absolute Gasteiger partial charge is 0.307 e. The van der Waals surface area contributed by atoms with Gasteiger partial charge in [-0.15, -0.1) is 0 Å². The summed E-state index contributed by atoms with van der Waals surface area (Å²) in [5.41, 5.74) is 0.667. The van der Waals surface area contributed by atoms with Crippen molar-refractivity contribution in [2.24, 2.45) is 0 Å². The third-order valence-corrected chi connectivity index (χ3v) is 3.72. The number of rotatable bonds is 4. The Hall–Kier alpha value is -0.870. The van der Waals surface area contributed by atoms with Gasteiger partial charge in [0.15, 0.2) is 0 Å². The molecule has 1 aromatic carbocycles. The zero-order chi connectivity index (χ0) is 12.8. The molecule has 1 heterocycles. The van der Waals surface area contributed by atoms with Gasteiger partial charge in [-0.3, -0.25) is 4.79 Å². The second-order valence-electron chi connectivity index (χ2n) is 4.52. The van der Waals surface area contributed by atoms with Gasteiger partial charge in [0.05, 0.1) is 6.42 Å². The molecule has 98 valence electrons. The van der Waals surface area contributed by atoms with Crippen LogP contribution in [-0.4, -0.2) is 24.4 Å². The van der Waals surface area contributed by atoms with Crippen LogP contribution in [0.1, 0.15) is 24.8 Å². The lowest BCUT2D eigenvalue weighted by Crippen LogP contribution is -2.43. The first-order chi connectivity index (χ1) is 8.77. The maximum absolute atomic E-state index is 11.8. The van der Waals surface area contributed by atoms with Crippen LogP contribution in [0.25, 0.3) is 0 Å². The normalized spacial score (nSPS) is 18.3. The van der Waals surface area contributed by atoms with Gasteiger partial charge in [-0.2, -0.15) is 0 Å². The van der Waals surface area contributed by atoms with E-state index in [0.717, 1.165) is 31.5 Å². The van der Waals surface area contributed by atoms with Crippen LogP contribution in [0, 0.1) is 0 Å². The summed E-state index contributed by atoms with van der Waals surface area (Å²) in [6.45, 7) is 1.77. The maximum atomic E-state index is 11.8. The van der Waals surface area contributed by atoms with Crippen molar-refractivity contribution in [3.05, 3.63) is 35.9 Å². The molecule has 0 spiro atoms. The average Bonchev–Trinajstić information content (AvgIpc) is 2.41. The Bertz CT molecular complexity index is 388. The van der Waals surface area contributed by atoms with E-state index in [2.05, 4.69) is 21.2 Å². The monoisotopic (exact) mass is 311 g/mol. The fourth-order valence-electron chi connectivity index (χ4n) is 2.37. The van der Waals surface area contributed by atoms with E-state index in [1.807, 2.05) is 30.3 Å². The van der Waals surface area contributed by atoms with Gasteiger partial charge in [-0.05, 0) is 18.7 Å². The molecule has 0 atom stereocenters. The van der Waals surface area contributed by atoms with E-state index in [0.29, 0.717) is 11.8 Å². The van der Waals surface area contributed by atoms with Crippen LogP contribution < -0.4 is 5.32 Å². The fraction of sp³-hybridized carbons (Fsp3) is 0.500. The summed E-state index contributed by atoms with van der Waals surface area (Å²) in [6, 6.07) is 10.1. The zero-order valence-corrected chi connectivity index (χ0v) is 11.9. The molecule has 1 saturated heterocycles. The highest BCUT2D eigenvalue weighted by Gasteiger charge is 2.37. The molecule has 0 radical (unpaired) electrons. The molecule has 1 aliphatic rings. The first kappa shape index (κ1) is 13.6. The van der Waals surface area contributed by atoms with Crippen molar-refractivity contribution < 1.29 is 9.53 Å². The van der Waals surface area contributed by atoms with Gasteiger partial charge in [0.25, 0.3) is 0 Å². The van der Waals surface area contributed by atoms with Crippen molar-refractivity contribution >= 4 is 21.9 Å². The van der Waals surface area contributed by atoms with Crippen LogP contribution in [0.5, 0.6) is 0 Å². The third kappa shape index (κ3) is 3.12. The number of ether oxygens (including phenoxy) is 1. The van der Waals surface area contributed by atoms with E-state index >= 15 is 0 Å². The van der Waals surface area contributed by atoms with Crippen molar-refractivity contribution in [3.63, 3.8) is 0 Å². The molecule has 4 heteroatoms. The average molecular weight is 312 g/mol. The summed E-state index contributed by atoms with van der Waals surface area (Å²) in [7, 11) is 0. The number of benzene rings is 1. The summed E-state index contributed by atoms with van der Waals surface area (Å²) >= 11 is 3.28. The Labute approximate surface area is 116 Å². The molecule has 0 aromatic heterocycles. The van der Waals surface area contributed by atoms with E-state index in [1.165, 1.54) is 0 Å². The maximum Gasteiger partial charge on any atom is 0.307 e. The van der Waals surface area contributed by atoms with Gasteiger partial charge in [0, 0.05) is 18.2 Å². The molecule has 1 N–H and O–H groups in total. The highest BCUT2D eigenvalue weighted by atomic mass is 79.9. The van der Waals surface area contributed by atoms with Gasteiger partial charge in [0.1, 0.15) is 5.60 Å². The van der Waals surface area contributed by atoms with Gasteiger partial charge >= 0.3 is 5.97 Å². The van der Waals surface area contributed by atoms with Crippen LogP contribution in [0.4, 0.5) is 0 Å².